The number of carbonyl (C=O) groups excluding carboxylic acids is 1. The summed E-state index contributed by atoms with van der Waals surface area (Å²) in [5.41, 5.74) is 5.93. The number of fused-ring (bicyclic) bond motifs is 3. The van der Waals surface area contributed by atoms with Crippen molar-refractivity contribution in [2.45, 2.75) is 33.2 Å². The van der Waals surface area contributed by atoms with Crippen LogP contribution in [0, 0.1) is 20.8 Å². The number of halogens is 1. The summed E-state index contributed by atoms with van der Waals surface area (Å²) in [6, 6.07) is 15.2. The lowest BCUT2D eigenvalue weighted by Crippen LogP contribution is -2.43. The minimum absolute atomic E-state index is 0.125. The van der Waals surface area contributed by atoms with Gasteiger partial charge in [0, 0.05) is 58.6 Å². The Labute approximate surface area is 236 Å². The van der Waals surface area contributed by atoms with E-state index in [0.29, 0.717) is 10.8 Å². The second-order valence-corrected chi connectivity index (χ2v) is 11.6. The molecule has 0 unspecified atom stereocenters. The molecule has 0 radical (unpaired) electrons. The molecule has 1 amide bonds. The minimum Gasteiger partial charge on any atom is -0.369 e. The molecule has 6 rings (SSSR count). The first-order chi connectivity index (χ1) is 18.9. The van der Waals surface area contributed by atoms with Gasteiger partial charge in [-0.05, 0) is 62.7 Å². The van der Waals surface area contributed by atoms with Crippen molar-refractivity contribution < 1.29 is 4.79 Å². The van der Waals surface area contributed by atoms with Gasteiger partial charge in [-0.2, -0.15) is 0 Å². The molecule has 1 fully saturated rings. The number of aryl methyl sites for hydroxylation is 2. The van der Waals surface area contributed by atoms with Crippen LogP contribution in [0.1, 0.15) is 45.7 Å². The average Bonchev–Trinajstić information content (AvgIpc) is 3.42. The van der Waals surface area contributed by atoms with Crippen LogP contribution in [-0.4, -0.2) is 52.6 Å². The summed E-state index contributed by atoms with van der Waals surface area (Å²) < 4.78 is 2.06. The van der Waals surface area contributed by atoms with Gasteiger partial charge >= 0.3 is 0 Å². The molecule has 1 atom stereocenters. The molecule has 4 aromatic rings. The number of aromatic nitrogens is 3. The Morgan fingerprint density at radius 1 is 1.05 bits per heavy atom. The highest BCUT2D eigenvalue weighted by Gasteiger charge is 2.32. The number of anilines is 2. The van der Waals surface area contributed by atoms with E-state index in [1.807, 2.05) is 43.3 Å². The summed E-state index contributed by atoms with van der Waals surface area (Å²) in [5, 5.41) is 17.0. The lowest BCUT2D eigenvalue weighted by atomic mass is 9.99. The van der Waals surface area contributed by atoms with E-state index in [4.69, 9.17) is 16.6 Å². The van der Waals surface area contributed by atoms with E-state index in [9.17, 15) is 4.79 Å². The summed E-state index contributed by atoms with van der Waals surface area (Å²) >= 11 is 7.90. The average molecular weight is 560 g/mol. The van der Waals surface area contributed by atoms with Crippen LogP contribution < -0.4 is 15.5 Å². The van der Waals surface area contributed by atoms with Crippen LogP contribution in [-0.2, 0) is 4.79 Å². The third kappa shape index (κ3) is 4.97. The van der Waals surface area contributed by atoms with E-state index in [1.165, 1.54) is 4.88 Å². The maximum Gasteiger partial charge on any atom is 0.227 e. The fraction of sp³-hybridized carbons (Fsp3) is 0.310. The normalized spacial score (nSPS) is 16.8. The van der Waals surface area contributed by atoms with Crippen LogP contribution in [0.5, 0.6) is 0 Å². The maximum atomic E-state index is 13.3. The highest BCUT2D eigenvalue weighted by Crippen LogP contribution is 2.39. The van der Waals surface area contributed by atoms with Gasteiger partial charge in [-0.15, -0.1) is 21.5 Å². The van der Waals surface area contributed by atoms with Crippen molar-refractivity contribution in [2.75, 3.05) is 36.4 Å². The Hall–Kier alpha value is -3.53. The molecule has 2 aliphatic rings. The minimum atomic E-state index is -0.503. The molecule has 2 N–H and O–H groups in total. The van der Waals surface area contributed by atoms with Crippen molar-refractivity contribution >= 4 is 45.9 Å². The van der Waals surface area contributed by atoms with Crippen LogP contribution in [0.3, 0.4) is 0 Å². The van der Waals surface area contributed by atoms with Crippen molar-refractivity contribution in [3.63, 3.8) is 0 Å². The number of amides is 1. The lowest BCUT2D eigenvalue weighted by molar-refractivity contribution is -0.116. The first-order valence-electron chi connectivity index (χ1n) is 13.1. The second-order valence-electron chi connectivity index (χ2n) is 9.94. The third-order valence-electron chi connectivity index (χ3n) is 7.37. The summed E-state index contributed by atoms with van der Waals surface area (Å²) in [6.07, 6.45) is 0.141. The van der Waals surface area contributed by atoms with Gasteiger partial charge in [-0.1, -0.05) is 23.7 Å². The molecule has 4 heterocycles. The lowest BCUT2D eigenvalue weighted by Gasteiger charge is -2.29. The van der Waals surface area contributed by atoms with Crippen molar-refractivity contribution in [1.29, 1.82) is 0 Å². The molecule has 1 saturated heterocycles. The fourth-order valence-corrected chi connectivity index (χ4v) is 6.54. The van der Waals surface area contributed by atoms with E-state index in [2.05, 4.69) is 56.3 Å². The predicted molar refractivity (Wildman–Crippen MR) is 158 cm³/mol. The Morgan fingerprint density at radius 2 is 1.77 bits per heavy atom. The smallest absolute Gasteiger partial charge is 0.227 e. The molecule has 10 heteroatoms. The summed E-state index contributed by atoms with van der Waals surface area (Å²) in [7, 11) is 0. The second kappa shape index (κ2) is 10.6. The Balaban J connectivity index is 1.32. The Kier molecular flexibility index (Phi) is 6.97. The molecule has 0 saturated carbocycles. The molecule has 0 bridgehead atoms. The molecule has 0 spiro atoms. The van der Waals surface area contributed by atoms with Gasteiger partial charge in [0.25, 0.3) is 0 Å². The van der Waals surface area contributed by atoms with Crippen molar-refractivity contribution in [3.8, 4) is 5.00 Å². The van der Waals surface area contributed by atoms with Crippen LogP contribution in [0.25, 0.3) is 5.00 Å². The molecular formula is C29H30ClN7OS. The largest absolute Gasteiger partial charge is 0.369 e. The number of hydrogen-bond acceptors (Lipinski definition) is 7. The number of rotatable bonds is 5. The predicted octanol–water partition coefficient (Wildman–Crippen LogP) is 5.24. The molecule has 39 heavy (non-hydrogen) atoms. The van der Waals surface area contributed by atoms with Gasteiger partial charge < -0.3 is 15.5 Å². The van der Waals surface area contributed by atoms with Gasteiger partial charge in [-0.25, -0.2) is 0 Å². The molecule has 2 aromatic carbocycles. The first kappa shape index (κ1) is 25.7. The SMILES string of the molecule is Cc1sc2c(c1C)C(c1ccc(Cl)cc1)=N[C@@H](CC(=O)Nc1ccc(N3CCNCC3)cc1)c1nnc(C)n1-2. The number of hydrogen-bond donors (Lipinski definition) is 2. The number of nitrogens with zero attached hydrogens (tertiary/aromatic N) is 5. The highest BCUT2D eigenvalue weighted by molar-refractivity contribution is 7.15. The van der Waals surface area contributed by atoms with Crippen LogP contribution in [0.4, 0.5) is 11.4 Å². The van der Waals surface area contributed by atoms with Gasteiger partial charge in [0.15, 0.2) is 5.82 Å². The maximum absolute atomic E-state index is 13.3. The monoisotopic (exact) mass is 559 g/mol. The molecule has 200 valence electrons. The van der Waals surface area contributed by atoms with Gasteiger partial charge in [0.1, 0.15) is 16.9 Å². The standard InChI is InChI=1S/C29H30ClN7OS/c1-17-18(2)39-29-26(17)27(20-4-6-21(30)7-5-20)33-24(28-35-34-19(3)37(28)29)16-25(38)32-22-8-10-23(11-9-22)36-14-12-31-13-15-36/h4-11,24,31H,12-16H2,1-3H3,(H,32,38)/t24-/m0/s1. The summed E-state index contributed by atoms with van der Waals surface area (Å²) in [4.78, 5) is 22.1. The van der Waals surface area contributed by atoms with E-state index < -0.39 is 6.04 Å². The summed E-state index contributed by atoms with van der Waals surface area (Å²) in [6.45, 7) is 10.1. The topological polar surface area (TPSA) is 87.4 Å². The molecular weight excluding hydrogens is 530 g/mol. The number of carbonyl (C=O) groups is 1. The summed E-state index contributed by atoms with van der Waals surface area (Å²) in [5.74, 6) is 1.32. The van der Waals surface area contributed by atoms with E-state index in [0.717, 1.165) is 70.8 Å². The number of aliphatic imine (C=N–C) groups is 1. The quantitative estimate of drug-likeness (QED) is 0.349. The zero-order valence-corrected chi connectivity index (χ0v) is 23.7. The zero-order chi connectivity index (χ0) is 27.1. The van der Waals surface area contributed by atoms with Gasteiger partial charge in [0.05, 0.1) is 12.1 Å². The van der Waals surface area contributed by atoms with Crippen LogP contribution in [0.2, 0.25) is 5.02 Å². The first-order valence-corrected chi connectivity index (χ1v) is 14.3. The van der Waals surface area contributed by atoms with E-state index in [1.54, 1.807) is 11.3 Å². The van der Waals surface area contributed by atoms with Crippen molar-refractivity contribution in [2.24, 2.45) is 4.99 Å². The molecule has 2 aliphatic heterocycles. The third-order valence-corrected chi connectivity index (χ3v) is 8.81. The van der Waals surface area contributed by atoms with E-state index in [-0.39, 0.29) is 12.3 Å². The zero-order valence-electron chi connectivity index (χ0n) is 22.2. The van der Waals surface area contributed by atoms with Crippen LogP contribution in [0.15, 0.2) is 53.5 Å². The van der Waals surface area contributed by atoms with E-state index >= 15 is 0 Å². The molecule has 8 nitrogen and oxygen atoms in total. The highest BCUT2D eigenvalue weighted by atomic mass is 35.5. The molecule has 2 aromatic heterocycles. The Bertz CT molecular complexity index is 1550. The van der Waals surface area contributed by atoms with Crippen molar-refractivity contribution in [3.05, 3.63) is 86.8 Å². The number of nitrogens with one attached hydrogen (secondary N) is 2. The number of piperazine rings is 1. The fourth-order valence-electron chi connectivity index (χ4n) is 5.20. The van der Waals surface area contributed by atoms with Gasteiger partial charge in [0.2, 0.25) is 5.91 Å². The van der Waals surface area contributed by atoms with Crippen molar-refractivity contribution in [1.82, 2.24) is 20.1 Å². The van der Waals surface area contributed by atoms with Gasteiger partial charge in [-0.3, -0.25) is 14.4 Å². The Morgan fingerprint density at radius 3 is 2.49 bits per heavy atom. The number of thiophene rings is 1. The molecule has 0 aliphatic carbocycles. The van der Waals surface area contributed by atoms with Crippen LogP contribution >= 0.6 is 22.9 Å². The number of benzene rings is 2.